The predicted molar refractivity (Wildman–Crippen MR) is 62.7 cm³/mol. The van der Waals surface area contributed by atoms with Crippen LogP contribution in [0.25, 0.3) is 0 Å². The van der Waals surface area contributed by atoms with E-state index in [0.29, 0.717) is 26.3 Å². The van der Waals surface area contributed by atoms with Gasteiger partial charge in [0.1, 0.15) is 11.4 Å². The summed E-state index contributed by atoms with van der Waals surface area (Å²) in [5.41, 5.74) is 0. The fourth-order valence-electron chi connectivity index (χ4n) is 1.61. The molecule has 0 radical (unpaired) electrons. The summed E-state index contributed by atoms with van der Waals surface area (Å²) in [5.74, 6) is -0.125. The monoisotopic (exact) mass is 293 g/mol. The fraction of sp³-hybridized carbons (Fsp3) is 0.556. The zero-order valence-electron chi connectivity index (χ0n) is 9.45. The molecule has 1 aliphatic heterocycles. The van der Waals surface area contributed by atoms with Crippen LogP contribution in [-0.4, -0.2) is 55.3 Å². The summed E-state index contributed by atoms with van der Waals surface area (Å²) in [7, 11) is 1.37. The Balaban J connectivity index is 2.01. The molecule has 0 aliphatic carbocycles. The molecule has 2 heterocycles. The Morgan fingerprint density at radius 2 is 2.11 bits per heavy atom. The molecule has 2 rings (SSSR count). The predicted octanol–water partition coefficient (Wildman–Crippen LogP) is -0.331. The van der Waals surface area contributed by atoms with Gasteiger partial charge in [0.15, 0.2) is 0 Å². The van der Waals surface area contributed by atoms with Crippen molar-refractivity contribution in [3.8, 4) is 0 Å². The Kier molecular flexibility index (Phi) is 3.88. The van der Waals surface area contributed by atoms with Gasteiger partial charge < -0.3 is 9.64 Å². The number of rotatable bonds is 3. The van der Waals surface area contributed by atoms with Crippen LogP contribution in [-0.2, 0) is 25.1 Å². The zero-order valence-corrected chi connectivity index (χ0v) is 11.0. The van der Waals surface area contributed by atoms with Gasteiger partial charge in [0.05, 0.1) is 19.4 Å². The third kappa shape index (κ3) is 3.21. The Bertz CT molecular complexity index is 536. The molecule has 1 aliphatic rings. The average Bonchev–Trinajstić information content (AvgIpc) is 2.78. The summed E-state index contributed by atoms with van der Waals surface area (Å²) in [6, 6.07) is 0. The molecule has 0 spiro atoms. The van der Waals surface area contributed by atoms with E-state index < -0.39 is 9.05 Å². The second-order valence-electron chi connectivity index (χ2n) is 3.80. The van der Waals surface area contributed by atoms with Crippen molar-refractivity contribution in [1.29, 1.82) is 0 Å². The van der Waals surface area contributed by atoms with Crippen LogP contribution in [0.4, 0.5) is 0 Å². The molecule has 100 valence electrons. The SMILES string of the molecule is O=C(Cn1cc(S(=O)(=O)Cl)cn1)N1CCOCC1. The Hall–Kier alpha value is -1.12. The topological polar surface area (TPSA) is 81.5 Å². The minimum Gasteiger partial charge on any atom is -0.378 e. The fourth-order valence-corrected chi connectivity index (χ4v) is 2.27. The maximum absolute atomic E-state index is 11.9. The number of ether oxygens (including phenoxy) is 1. The van der Waals surface area contributed by atoms with E-state index in [1.807, 2.05) is 0 Å². The van der Waals surface area contributed by atoms with Crippen molar-refractivity contribution in [2.45, 2.75) is 11.4 Å². The van der Waals surface area contributed by atoms with Crippen LogP contribution in [0.2, 0.25) is 0 Å². The average molecular weight is 294 g/mol. The Morgan fingerprint density at radius 1 is 1.44 bits per heavy atom. The largest absolute Gasteiger partial charge is 0.378 e. The van der Waals surface area contributed by atoms with Gasteiger partial charge in [0.2, 0.25) is 5.91 Å². The first-order chi connectivity index (χ1) is 8.47. The highest BCUT2D eigenvalue weighted by Gasteiger charge is 2.19. The summed E-state index contributed by atoms with van der Waals surface area (Å²) >= 11 is 0. The lowest BCUT2D eigenvalue weighted by Gasteiger charge is -2.26. The molecule has 1 amide bonds. The van der Waals surface area contributed by atoms with Gasteiger partial charge >= 0.3 is 0 Å². The number of hydrogen-bond donors (Lipinski definition) is 0. The van der Waals surface area contributed by atoms with Crippen molar-refractivity contribution in [3.05, 3.63) is 12.4 Å². The highest BCUT2D eigenvalue weighted by atomic mass is 35.7. The Labute approximate surface area is 109 Å². The number of amides is 1. The van der Waals surface area contributed by atoms with Crippen LogP contribution in [0.15, 0.2) is 17.3 Å². The minimum absolute atomic E-state index is 0.00753. The van der Waals surface area contributed by atoms with Crippen molar-refractivity contribution in [2.75, 3.05) is 26.3 Å². The van der Waals surface area contributed by atoms with E-state index in [-0.39, 0.29) is 17.3 Å². The number of hydrogen-bond acceptors (Lipinski definition) is 5. The maximum Gasteiger partial charge on any atom is 0.264 e. The second-order valence-corrected chi connectivity index (χ2v) is 6.37. The van der Waals surface area contributed by atoms with Crippen molar-refractivity contribution in [3.63, 3.8) is 0 Å². The number of carbonyl (C=O) groups is 1. The molecule has 1 aromatic heterocycles. The van der Waals surface area contributed by atoms with Gasteiger partial charge in [-0.3, -0.25) is 9.48 Å². The van der Waals surface area contributed by atoms with Crippen LogP contribution >= 0.6 is 10.7 Å². The van der Waals surface area contributed by atoms with Gasteiger partial charge in [-0.15, -0.1) is 0 Å². The van der Waals surface area contributed by atoms with E-state index in [4.69, 9.17) is 15.4 Å². The van der Waals surface area contributed by atoms with Crippen LogP contribution in [0.1, 0.15) is 0 Å². The summed E-state index contributed by atoms with van der Waals surface area (Å²) < 4.78 is 28.5. The molecule has 9 heteroatoms. The number of nitrogens with zero attached hydrogens (tertiary/aromatic N) is 3. The molecule has 1 saturated heterocycles. The molecule has 0 unspecified atom stereocenters. The Morgan fingerprint density at radius 3 is 2.67 bits per heavy atom. The van der Waals surface area contributed by atoms with Gasteiger partial charge in [-0.05, 0) is 0 Å². The second kappa shape index (κ2) is 5.25. The van der Waals surface area contributed by atoms with Gasteiger partial charge in [0.25, 0.3) is 9.05 Å². The van der Waals surface area contributed by atoms with Crippen LogP contribution in [0.3, 0.4) is 0 Å². The van der Waals surface area contributed by atoms with E-state index in [1.165, 1.54) is 10.9 Å². The highest BCUT2D eigenvalue weighted by molar-refractivity contribution is 8.13. The lowest BCUT2D eigenvalue weighted by atomic mass is 10.4. The quantitative estimate of drug-likeness (QED) is 0.713. The van der Waals surface area contributed by atoms with Gasteiger partial charge in [-0.2, -0.15) is 5.10 Å². The van der Waals surface area contributed by atoms with Crippen molar-refractivity contribution in [1.82, 2.24) is 14.7 Å². The first kappa shape index (κ1) is 13.3. The summed E-state index contributed by atoms with van der Waals surface area (Å²) in [6.07, 6.45) is 2.36. The van der Waals surface area contributed by atoms with E-state index in [1.54, 1.807) is 4.90 Å². The van der Waals surface area contributed by atoms with E-state index in [9.17, 15) is 13.2 Å². The van der Waals surface area contributed by atoms with Gasteiger partial charge in [-0.1, -0.05) is 0 Å². The van der Waals surface area contributed by atoms with Gasteiger partial charge in [0, 0.05) is 30.0 Å². The zero-order chi connectivity index (χ0) is 13.2. The molecule has 0 saturated carbocycles. The molecular formula is C9H12ClN3O4S. The van der Waals surface area contributed by atoms with E-state index in [2.05, 4.69) is 5.10 Å². The third-order valence-corrected chi connectivity index (χ3v) is 3.86. The molecule has 1 aromatic rings. The number of halogens is 1. The molecule has 18 heavy (non-hydrogen) atoms. The molecule has 0 atom stereocenters. The normalized spacial score (nSPS) is 16.8. The standard InChI is InChI=1S/C9H12ClN3O4S/c10-18(15,16)8-5-11-13(6-8)7-9(14)12-1-3-17-4-2-12/h5-6H,1-4,7H2. The molecule has 1 fully saturated rings. The first-order valence-corrected chi connectivity index (χ1v) is 7.60. The van der Waals surface area contributed by atoms with Crippen LogP contribution in [0.5, 0.6) is 0 Å². The van der Waals surface area contributed by atoms with Crippen molar-refractivity contribution in [2.24, 2.45) is 0 Å². The van der Waals surface area contributed by atoms with Crippen LogP contribution < -0.4 is 0 Å². The molecule has 0 aromatic carbocycles. The molecular weight excluding hydrogens is 282 g/mol. The van der Waals surface area contributed by atoms with E-state index in [0.717, 1.165) is 6.20 Å². The smallest absolute Gasteiger partial charge is 0.264 e. The number of carbonyl (C=O) groups excluding carboxylic acids is 1. The van der Waals surface area contributed by atoms with E-state index >= 15 is 0 Å². The van der Waals surface area contributed by atoms with Gasteiger partial charge in [-0.25, -0.2) is 8.42 Å². The summed E-state index contributed by atoms with van der Waals surface area (Å²) in [6.45, 7) is 2.12. The van der Waals surface area contributed by atoms with Crippen molar-refractivity contribution < 1.29 is 17.9 Å². The lowest BCUT2D eigenvalue weighted by molar-refractivity contribution is -0.136. The first-order valence-electron chi connectivity index (χ1n) is 5.29. The molecule has 7 nitrogen and oxygen atoms in total. The molecule has 0 bridgehead atoms. The lowest BCUT2D eigenvalue weighted by Crippen LogP contribution is -2.42. The summed E-state index contributed by atoms with van der Waals surface area (Å²) in [4.78, 5) is 13.4. The maximum atomic E-state index is 11.9. The highest BCUT2D eigenvalue weighted by Crippen LogP contribution is 2.13. The van der Waals surface area contributed by atoms with Crippen molar-refractivity contribution >= 4 is 25.6 Å². The number of morpholine rings is 1. The van der Waals surface area contributed by atoms with Crippen LogP contribution in [0, 0.1) is 0 Å². The third-order valence-electron chi connectivity index (χ3n) is 2.55. The molecule has 0 N–H and O–H groups in total. The summed E-state index contributed by atoms with van der Waals surface area (Å²) in [5, 5.41) is 3.79. The number of aromatic nitrogens is 2. The minimum atomic E-state index is -3.80.